The minimum Gasteiger partial charge on any atom is -0.482 e. The van der Waals surface area contributed by atoms with Crippen molar-refractivity contribution in [2.75, 3.05) is 6.61 Å². The van der Waals surface area contributed by atoms with Crippen LogP contribution >= 0.6 is 0 Å². The normalized spacial score (nSPS) is 10.7. The smallest absolute Gasteiger partial charge is 0.349 e. The fourth-order valence-electron chi connectivity index (χ4n) is 2.59. The summed E-state index contributed by atoms with van der Waals surface area (Å²) in [5.74, 6) is -0.138. The molecule has 166 valence electrons. The zero-order valence-electron chi connectivity index (χ0n) is 17.1. The number of furan rings is 1. The van der Waals surface area contributed by atoms with Crippen molar-refractivity contribution in [1.82, 2.24) is 5.32 Å². The van der Waals surface area contributed by atoms with Gasteiger partial charge in [-0.1, -0.05) is 12.1 Å². The van der Waals surface area contributed by atoms with E-state index in [1.165, 1.54) is 48.7 Å². The second-order valence-corrected chi connectivity index (χ2v) is 6.51. The van der Waals surface area contributed by atoms with Crippen LogP contribution < -0.4 is 14.8 Å². The van der Waals surface area contributed by atoms with Crippen molar-refractivity contribution in [1.29, 1.82) is 5.26 Å². The lowest BCUT2D eigenvalue weighted by Crippen LogP contribution is -2.23. The fourth-order valence-corrected chi connectivity index (χ4v) is 2.59. The quantitative estimate of drug-likeness (QED) is 0.131. The molecule has 3 rings (SSSR count). The van der Waals surface area contributed by atoms with Crippen molar-refractivity contribution in [2.45, 2.75) is 6.54 Å². The predicted octanol–water partition coefficient (Wildman–Crippen LogP) is 3.40. The maximum Gasteiger partial charge on any atom is 0.349 e. The minimum atomic E-state index is -0.674. The summed E-state index contributed by atoms with van der Waals surface area (Å²) in [5.41, 5.74) is 0.373. The number of amides is 1. The van der Waals surface area contributed by atoms with Crippen molar-refractivity contribution < 1.29 is 28.4 Å². The Morgan fingerprint density at radius 2 is 1.79 bits per heavy atom. The molecule has 0 aliphatic heterocycles. The molecule has 0 saturated heterocycles. The Labute approximate surface area is 187 Å². The molecule has 0 radical (unpaired) electrons. The zero-order valence-corrected chi connectivity index (χ0v) is 17.1. The lowest BCUT2D eigenvalue weighted by atomic mass is 10.1. The maximum atomic E-state index is 12.2. The highest BCUT2D eigenvalue weighted by Crippen LogP contribution is 2.18. The van der Waals surface area contributed by atoms with Gasteiger partial charge in [-0.2, -0.15) is 5.26 Å². The molecule has 1 heterocycles. The fraction of sp³-hybridized carbons (Fsp3) is 0.0870. The third-order valence-electron chi connectivity index (χ3n) is 4.20. The van der Waals surface area contributed by atoms with Crippen LogP contribution in [0.5, 0.6) is 11.5 Å². The molecule has 0 unspecified atom stereocenters. The first-order valence-electron chi connectivity index (χ1n) is 9.55. The van der Waals surface area contributed by atoms with Crippen LogP contribution in [0.4, 0.5) is 5.69 Å². The van der Waals surface area contributed by atoms with Gasteiger partial charge in [-0.05, 0) is 48.0 Å². The van der Waals surface area contributed by atoms with E-state index in [-0.39, 0.29) is 29.3 Å². The first-order chi connectivity index (χ1) is 15.9. The van der Waals surface area contributed by atoms with Gasteiger partial charge in [-0.3, -0.25) is 14.9 Å². The number of carbonyl (C=O) groups is 2. The lowest BCUT2D eigenvalue weighted by molar-refractivity contribution is -0.384. The first-order valence-corrected chi connectivity index (χ1v) is 9.55. The molecular weight excluding hydrogens is 430 g/mol. The van der Waals surface area contributed by atoms with Crippen molar-refractivity contribution >= 4 is 23.6 Å². The highest BCUT2D eigenvalue weighted by Gasteiger charge is 2.11. The molecule has 1 amide bonds. The largest absolute Gasteiger partial charge is 0.482 e. The minimum absolute atomic E-state index is 0.0892. The third kappa shape index (κ3) is 6.80. The predicted molar refractivity (Wildman–Crippen MR) is 115 cm³/mol. The van der Waals surface area contributed by atoms with Gasteiger partial charge in [0.15, 0.2) is 6.61 Å². The van der Waals surface area contributed by atoms with Crippen LogP contribution in [0.2, 0.25) is 0 Å². The highest BCUT2D eigenvalue weighted by molar-refractivity contribution is 6.01. The summed E-state index contributed by atoms with van der Waals surface area (Å²) in [5, 5.41) is 22.5. The molecule has 0 aliphatic rings. The van der Waals surface area contributed by atoms with Gasteiger partial charge in [0.1, 0.15) is 28.9 Å². The molecule has 0 atom stereocenters. The number of nitrogens with one attached hydrogen (secondary N) is 1. The molecule has 0 saturated carbocycles. The van der Waals surface area contributed by atoms with Gasteiger partial charge in [0, 0.05) is 12.1 Å². The summed E-state index contributed by atoms with van der Waals surface area (Å²) in [6.45, 7) is -0.241. The Morgan fingerprint density at radius 1 is 1.09 bits per heavy atom. The van der Waals surface area contributed by atoms with E-state index in [0.717, 1.165) is 0 Å². The number of nitriles is 1. The van der Waals surface area contributed by atoms with Gasteiger partial charge in [0.25, 0.3) is 11.6 Å². The monoisotopic (exact) mass is 447 g/mol. The van der Waals surface area contributed by atoms with E-state index in [1.807, 2.05) is 6.07 Å². The van der Waals surface area contributed by atoms with Crippen LogP contribution in [-0.4, -0.2) is 23.4 Å². The molecule has 0 spiro atoms. The van der Waals surface area contributed by atoms with Crippen LogP contribution in [0.25, 0.3) is 6.08 Å². The van der Waals surface area contributed by atoms with Crippen LogP contribution in [0.1, 0.15) is 11.3 Å². The zero-order chi connectivity index (χ0) is 23.6. The van der Waals surface area contributed by atoms with Crippen molar-refractivity contribution in [3.8, 4) is 17.6 Å². The number of hydrogen-bond donors (Lipinski definition) is 1. The number of non-ortho nitro benzene ring substituents is 1. The van der Waals surface area contributed by atoms with Gasteiger partial charge in [0.05, 0.1) is 17.7 Å². The topological polar surface area (TPSA) is 145 Å². The van der Waals surface area contributed by atoms with Crippen molar-refractivity contribution in [2.24, 2.45) is 0 Å². The van der Waals surface area contributed by atoms with Crippen LogP contribution in [0, 0.1) is 21.4 Å². The number of nitro benzene ring substituents is 1. The second kappa shape index (κ2) is 10.9. The first kappa shape index (κ1) is 22.8. The van der Waals surface area contributed by atoms with E-state index < -0.39 is 23.4 Å². The third-order valence-corrected chi connectivity index (χ3v) is 4.20. The Bertz CT molecular complexity index is 1190. The number of hydrogen-bond acceptors (Lipinski definition) is 8. The molecule has 0 bridgehead atoms. The van der Waals surface area contributed by atoms with Gasteiger partial charge < -0.3 is 19.2 Å². The Morgan fingerprint density at radius 3 is 2.39 bits per heavy atom. The van der Waals surface area contributed by atoms with Gasteiger partial charge in [-0.15, -0.1) is 0 Å². The lowest BCUT2D eigenvalue weighted by Gasteiger charge is -2.07. The van der Waals surface area contributed by atoms with E-state index in [0.29, 0.717) is 11.3 Å². The van der Waals surface area contributed by atoms with Crippen LogP contribution in [-0.2, 0) is 16.1 Å². The molecule has 10 heteroatoms. The van der Waals surface area contributed by atoms with Crippen molar-refractivity contribution in [3.63, 3.8) is 0 Å². The average Bonchev–Trinajstić information content (AvgIpc) is 3.35. The van der Waals surface area contributed by atoms with Crippen molar-refractivity contribution in [3.05, 3.63) is 93.9 Å². The summed E-state index contributed by atoms with van der Waals surface area (Å²) in [6, 6.07) is 16.7. The second-order valence-electron chi connectivity index (χ2n) is 6.51. The summed E-state index contributed by atoms with van der Waals surface area (Å²) in [4.78, 5) is 34.2. The number of nitrogens with zero attached hydrogens (tertiary/aromatic N) is 2. The Balaban J connectivity index is 1.51. The summed E-state index contributed by atoms with van der Waals surface area (Å²) < 4.78 is 15.5. The molecule has 0 fully saturated rings. The molecule has 1 aromatic heterocycles. The molecule has 0 aliphatic carbocycles. The number of benzene rings is 2. The number of nitro groups is 1. The molecule has 33 heavy (non-hydrogen) atoms. The van der Waals surface area contributed by atoms with E-state index in [1.54, 1.807) is 24.3 Å². The van der Waals surface area contributed by atoms with Gasteiger partial charge in [0.2, 0.25) is 0 Å². The highest BCUT2D eigenvalue weighted by atomic mass is 16.6. The Hall–Kier alpha value is -4.91. The van der Waals surface area contributed by atoms with E-state index >= 15 is 0 Å². The maximum absolute atomic E-state index is 12.2. The molecule has 1 N–H and O–H groups in total. The molecule has 2 aromatic carbocycles. The molecule has 10 nitrogen and oxygen atoms in total. The average molecular weight is 447 g/mol. The number of ether oxygens (including phenoxy) is 2. The summed E-state index contributed by atoms with van der Waals surface area (Å²) in [7, 11) is 0. The standard InChI is InChI=1S/C23H17N3O7/c24-13-17(23(28)25-14-21-2-1-11-31-21)12-16-3-7-20(8-4-16)33-22(27)15-32-19-9-5-18(6-10-19)26(29)30/h1-12H,14-15H2,(H,25,28)/b17-12+. The van der Waals surface area contributed by atoms with Crippen LogP contribution in [0.15, 0.2) is 76.9 Å². The summed E-state index contributed by atoms with van der Waals surface area (Å²) >= 11 is 0. The summed E-state index contributed by atoms with van der Waals surface area (Å²) in [6.07, 6.45) is 2.89. The van der Waals surface area contributed by atoms with Gasteiger partial charge in [-0.25, -0.2) is 4.79 Å². The number of carbonyl (C=O) groups excluding carboxylic acids is 2. The molecular formula is C23H17N3O7. The van der Waals surface area contributed by atoms with E-state index in [9.17, 15) is 25.0 Å². The van der Waals surface area contributed by atoms with E-state index in [2.05, 4.69) is 5.32 Å². The van der Waals surface area contributed by atoms with E-state index in [4.69, 9.17) is 13.9 Å². The van der Waals surface area contributed by atoms with Crippen LogP contribution in [0.3, 0.4) is 0 Å². The molecule has 3 aromatic rings. The number of esters is 1. The SMILES string of the molecule is N#C/C(=C\c1ccc(OC(=O)COc2ccc([N+](=O)[O-])cc2)cc1)C(=O)NCc1ccco1. The Kier molecular flexibility index (Phi) is 7.54. The number of rotatable bonds is 9. The van der Waals surface area contributed by atoms with Gasteiger partial charge >= 0.3 is 5.97 Å².